The second-order valence-electron chi connectivity index (χ2n) is 10.8. The number of halogens is 4. The fourth-order valence-corrected chi connectivity index (χ4v) is 7.58. The third-order valence-corrected chi connectivity index (χ3v) is 10.1. The molecule has 0 aliphatic carbocycles. The number of alkyl halides is 3. The summed E-state index contributed by atoms with van der Waals surface area (Å²) in [5.74, 6) is -0.893. The van der Waals surface area contributed by atoms with E-state index >= 15 is 0 Å². The molecule has 3 saturated heterocycles. The summed E-state index contributed by atoms with van der Waals surface area (Å²) < 4.78 is 88.3. The predicted molar refractivity (Wildman–Crippen MR) is 146 cm³/mol. The SMILES string of the molecule is C[C@@H]1CN(c2ccc(F)cc2C(F)(F)F)CCN1S(=O)(=O)c1cccc(N2CCC(C(=O)N3CCOCC3)CC2)c1. The van der Waals surface area contributed by atoms with Crippen LogP contribution in [0.4, 0.5) is 28.9 Å². The number of benzene rings is 2. The van der Waals surface area contributed by atoms with E-state index in [9.17, 15) is 30.8 Å². The molecule has 2 aromatic carbocycles. The van der Waals surface area contributed by atoms with Crippen molar-refractivity contribution in [2.45, 2.75) is 36.9 Å². The standard InChI is InChI=1S/C28H34F4N4O4S/c1-20-19-35(26-6-5-22(29)17-25(26)28(30,31)32)11-12-36(20)41(38,39)24-4-2-3-23(18-24)33-9-7-21(8-10-33)27(37)34-13-15-40-16-14-34/h2-6,17-18,20-21H,7-16,19H2,1H3/t20-/m1/s1. The number of hydrogen-bond donors (Lipinski definition) is 0. The van der Waals surface area contributed by atoms with Crippen molar-refractivity contribution in [3.63, 3.8) is 0 Å². The summed E-state index contributed by atoms with van der Waals surface area (Å²) in [6.45, 7) is 5.27. The molecule has 41 heavy (non-hydrogen) atoms. The minimum absolute atomic E-state index is 0.0164. The molecule has 1 amide bonds. The summed E-state index contributed by atoms with van der Waals surface area (Å²) in [7, 11) is -3.94. The van der Waals surface area contributed by atoms with E-state index in [1.54, 1.807) is 19.1 Å². The van der Waals surface area contributed by atoms with Crippen molar-refractivity contribution in [3.8, 4) is 0 Å². The van der Waals surface area contributed by atoms with Crippen molar-refractivity contribution < 1.29 is 35.5 Å². The molecular formula is C28H34F4N4O4S. The van der Waals surface area contributed by atoms with Gasteiger partial charge in [-0.3, -0.25) is 4.79 Å². The van der Waals surface area contributed by atoms with Gasteiger partial charge in [0.1, 0.15) is 5.82 Å². The molecule has 3 heterocycles. The molecule has 0 saturated carbocycles. The Kier molecular flexibility index (Phi) is 8.49. The number of morpholine rings is 1. The number of piperazine rings is 1. The van der Waals surface area contributed by atoms with Gasteiger partial charge < -0.3 is 19.4 Å². The number of amides is 1. The number of hydrogen-bond acceptors (Lipinski definition) is 6. The Hall–Kier alpha value is -2.90. The zero-order valence-corrected chi connectivity index (χ0v) is 23.6. The molecular weight excluding hydrogens is 564 g/mol. The topological polar surface area (TPSA) is 73.4 Å². The molecule has 0 radical (unpaired) electrons. The highest BCUT2D eigenvalue weighted by Gasteiger charge is 2.39. The fourth-order valence-electron chi connectivity index (χ4n) is 5.93. The smallest absolute Gasteiger partial charge is 0.378 e. The molecule has 5 rings (SSSR count). The largest absolute Gasteiger partial charge is 0.418 e. The van der Waals surface area contributed by atoms with Crippen molar-refractivity contribution >= 4 is 27.3 Å². The van der Waals surface area contributed by atoms with Crippen LogP contribution in [-0.4, -0.2) is 88.6 Å². The maximum atomic E-state index is 13.7. The highest BCUT2D eigenvalue weighted by atomic mass is 32.2. The Morgan fingerprint density at radius 2 is 1.63 bits per heavy atom. The zero-order chi connectivity index (χ0) is 29.4. The Bertz CT molecular complexity index is 1360. The number of anilines is 2. The first-order valence-corrected chi connectivity index (χ1v) is 15.2. The predicted octanol–water partition coefficient (Wildman–Crippen LogP) is 3.82. The van der Waals surface area contributed by atoms with Gasteiger partial charge in [-0.15, -0.1) is 0 Å². The highest BCUT2D eigenvalue weighted by Crippen LogP contribution is 2.38. The number of sulfonamides is 1. The van der Waals surface area contributed by atoms with Crippen LogP contribution in [0.3, 0.4) is 0 Å². The first-order chi connectivity index (χ1) is 19.4. The summed E-state index contributed by atoms with van der Waals surface area (Å²) in [4.78, 5) is 18.4. The van der Waals surface area contributed by atoms with E-state index in [1.807, 2.05) is 11.0 Å². The van der Waals surface area contributed by atoms with Crippen LogP contribution in [0.5, 0.6) is 0 Å². The van der Waals surface area contributed by atoms with Gasteiger partial charge in [-0.2, -0.15) is 17.5 Å². The lowest BCUT2D eigenvalue weighted by Gasteiger charge is -2.41. The second kappa shape index (κ2) is 11.8. The Balaban J connectivity index is 1.25. The van der Waals surface area contributed by atoms with Crippen LogP contribution in [0.25, 0.3) is 0 Å². The Morgan fingerprint density at radius 3 is 2.29 bits per heavy atom. The summed E-state index contributed by atoms with van der Waals surface area (Å²) in [5.41, 5.74) is -0.500. The fraction of sp³-hybridized carbons (Fsp3) is 0.536. The molecule has 3 aliphatic rings. The molecule has 0 unspecified atom stereocenters. The highest BCUT2D eigenvalue weighted by molar-refractivity contribution is 7.89. The molecule has 224 valence electrons. The van der Waals surface area contributed by atoms with Gasteiger partial charge in [-0.05, 0) is 56.2 Å². The van der Waals surface area contributed by atoms with Gasteiger partial charge in [0, 0.05) is 69.1 Å². The third kappa shape index (κ3) is 6.31. The number of ether oxygens (including phenoxy) is 1. The molecule has 3 aliphatic heterocycles. The van der Waals surface area contributed by atoms with E-state index in [-0.39, 0.29) is 42.0 Å². The molecule has 3 fully saturated rings. The van der Waals surface area contributed by atoms with E-state index in [1.165, 1.54) is 15.3 Å². The van der Waals surface area contributed by atoms with Gasteiger partial charge in [-0.25, -0.2) is 12.8 Å². The van der Waals surface area contributed by atoms with Crippen LogP contribution < -0.4 is 9.80 Å². The average molecular weight is 599 g/mol. The second-order valence-corrected chi connectivity index (χ2v) is 12.7. The molecule has 0 bridgehead atoms. The lowest BCUT2D eigenvalue weighted by Crippen LogP contribution is -2.54. The number of carbonyl (C=O) groups is 1. The molecule has 2 aromatic rings. The zero-order valence-electron chi connectivity index (χ0n) is 22.8. The van der Waals surface area contributed by atoms with E-state index < -0.39 is 33.6 Å². The van der Waals surface area contributed by atoms with Crippen molar-refractivity contribution in [1.82, 2.24) is 9.21 Å². The number of rotatable bonds is 5. The lowest BCUT2D eigenvalue weighted by atomic mass is 9.94. The molecule has 13 heteroatoms. The van der Waals surface area contributed by atoms with Crippen molar-refractivity contribution in [1.29, 1.82) is 0 Å². The minimum atomic E-state index is -4.74. The third-order valence-electron chi connectivity index (χ3n) is 8.13. The van der Waals surface area contributed by atoms with Gasteiger partial charge >= 0.3 is 6.18 Å². The van der Waals surface area contributed by atoms with Crippen LogP contribution in [0.15, 0.2) is 47.4 Å². The van der Waals surface area contributed by atoms with Crippen molar-refractivity contribution in [2.75, 3.05) is 68.8 Å². The first-order valence-electron chi connectivity index (χ1n) is 13.8. The van der Waals surface area contributed by atoms with Crippen molar-refractivity contribution in [3.05, 3.63) is 53.8 Å². The molecule has 1 atom stereocenters. The number of carbonyl (C=O) groups excluding carboxylic acids is 1. The minimum Gasteiger partial charge on any atom is -0.378 e. The summed E-state index contributed by atoms with van der Waals surface area (Å²) in [6, 6.07) is 8.59. The summed E-state index contributed by atoms with van der Waals surface area (Å²) >= 11 is 0. The van der Waals surface area contributed by atoms with Crippen LogP contribution >= 0.6 is 0 Å². The molecule has 0 N–H and O–H groups in total. The summed E-state index contributed by atoms with van der Waals surface area (Å²) in [5, 5.41) is 0. The number of nitrogens with zero attached hydrogens (tertiary/aromatic N) is 4. The first kappa shape index (κ1) is 29.6. The quantitative estimate of drug-likeness (QED) is 0.488. The van der Waals surface area contributed by atoms with Gasteiger partial charge in [0.2, 0.25) is 15.9 Å². The lowest BCUT2D eigenvalue weighted by molar-refractivity contribution is -0.140. The normalized spacial score (nSPS) is 21.8. The monoisotopic (exact) mass is 598 g/mol. The van der Waals surface area contributed by atoms with Crippen LogP contribution in [0.1, 0.15) is 25.3 Å². The summed E-state index contributed by atoms with van der Waals surface area (Å²) in [6.07, 6.45) is -3.39. The maximum Gasteiger partial charge on any atom is 0.418 e. The van der Waals surface area contributed by atoms with Gasteiger partial charge in [-0.1, -0.05) is 6.07 Å². The van der Waals surface area contributed by atoms with Gasteiger partial charge in [0.15, 0.2) is 0 Å². The number of piperidine rings is 1. The van der Waals surface area contributed by atoms with Crippen LogP contribution in [0.2, 0.25) is 0 Å². The van der Waals surface area contributed by atoms with Crippen LogP contribution in [-0.2, 0) is 25.7 Å². The van der Waals surface area contributed by atoms with E-state index in [0.717, 1.165) is 17.8 Å². The van der Waals surface area contributed by atoms with Crippen molar-refractivity contribution in [2.24, 2.45) is 5.92 Å². The molecule has 0 aromatic heterocycles. The average Bonchev–Trinajstić information content (AvgIpc) is 2.97. The van der Waals surface area contributed by atoms with Gasteiger partial charge in [0.25, 0.3) is 0 Å². The van der Waals surface area contributed by atoms with Gasteiger partial charge in [0.05, 0.1) is 23.7 Å². The maximum absolute atomic E-state index is 13.7. The van der Waals surface area contributed by atoms with E-state index in [0.29, 0.717) is 58.3 Å². The van der Waals surface area contributed by atoms with Crippen LogP contribution in [0, 0.1) is 11.7 Å². The van der Waals surface area contributed by atoms with E-state index in [2.05, 4.69) is 4.90 Å². The molecule has 0 spiro atoms. The van der Waals surface area contributed by atoms with E-state index in [4.69, 9.17) is 4.74 Å². The molecule has 8 nitrogen and oxygen atoms in total. The Morgan fingerprint density at radius 1 is 0.927 bits per heavy atom. The Labute approximate surface area is 237 Å².